The third-order valence-electron chi connectivity index (χ3n) is 4.10. The van der Waals surface area contributed by atoms with E-state index in [1.807, 2.05) is 0 Å². The van der Waals surface area contributed by atoms with Gasteiger partial charge in [0.2, 0.25) is 0 Å². The van der Waals surface area contributed by atoms with Gasteiger partial charge in [-0.2, -0.15) is 18.3 Å². The maximum absolute atomic E-state index is 12.8. The van der Waals surface area contributed by atoms with Crippen LogP contribution in [0.5, 0.6) is 0 Å². The van der Waals surface area contributed by atoms with Gasteiger partial charge in [0.15, 0.2) is 0 Å². The van der Waals surface area contributed by atoms with Crippen molar-refractivity contribution in [2.24, 2.45) is 5.73 Å². The summed E-state index contributed by atoms with van der Waals surface area (Å²) >= 11 is 0. The zero-order valence-electron chi connectivity index (χ0n) is 14.1. The Hall–Kier alpha value is -2.85. The summed E-state index contributed by atoms with van der Waals surface area (Å²) in [4.78, 5) is 12.3. The molecule has 7 nitrogen and oxygen atoms in total. The van der Waals surface area contributed by atoms with E-state index in [0.717, 1.165) is 15.8 Å². The molecule has 27 heavy (non-hydrogen) atoms. The molecule has 0 saturated carbocycles. The molecule has 0 aliphatic carbocycles. The minimum absolute atomic E-state index is 0.0250. The van der Waals surface area contributed by atoms with Crippen molar-refractivity contribution in [3.05, 3.63) is 70.3 Å². The van der Waals surface area contributed by atoms with Crippen molar-refractivity contribution in [1.29, 1.82) is 0 Å². The van der Waals surface area contributed by atoms with Crippen LogP contribution >= 0.6 is 0 Å². The Labute approximate surface area is 154 Å². The van der Waals surface area contributed by atoms with Crippen molar-refractivity contribution in [3.8, 4) is 11.1 Å². The zero-order chi connectivity index (χ0) is 19.6. The first-order valence-corrected chi connectivity index (χ1v) is 9.33. The highest BCUT2D eigenvalue weighted by Gasteiger charge is 2.18. The topological polar surface area (TPSA) is 102 Å². The van der Waals surface area contributed by atoms with E-state index >= 15 is 0 Å². The van der Waals surface area contributed by atoms with Crippen molar-refractivity contribution in [1.82, 2.24) is 9.78 Å². The van der Waals surface area contributed by atoms with Crippen molar-refractivity contribution in [2.45, 2.75) is 12.3 Å². The van der Waals surface area contributed by atoms with Gasteiger partial charge in [-0.1, -0.05) is 24.3 Å². The van der Waals surface area contributed by atoms with Gasteiger partial charge in [-0.25, -0.2) is 13.2 Å². The van der Waals surface area contributed by atoms with Crippen LogP contribution in [-0.2, 0) is 23.0 Å². The highest BCUT2D eigenvalue weighted by atomic mass is 32.2. The molecule has 10 heteroatoms. The molecule has 0 fully saturated rings. The van der Waals surface area contributed by atoms with E-state index in [-0.39, 0.29) is 24.4 Å². The van der Waals surface area contributed by atoms with Crippen LogP contribution in [0.15, 0.2) is 59.0 Å². The van der Waals surface area contributed by atoms with Crippen LogP contribution in [-0.4, -0.2) is 24.7 Å². The molecule has 3 aromatic rings. The molecular formula is C17H17F2N4O3S+. The van der Waals surface area contributed by atoms with Gasteiger partial charge in [0, 0.05) is 18.2 Å². The lowest BCUT2D eigenvalue weighted by atomic mass is 10.1. The van der Waals surface area contributed by atoms with Crippen LogP contribution in [0, 0.1) is 0 Å². The lowest BCUT2D eigenvalue weighted by molar-refractivity contribution is -0.530. The van der Waals surface area contributed by atoms with Crippen LogP contribution in [0.4, 0.5) is 8.78 Å². The summed E-state index contributed by atoms with van der Waals surface area (Å²) in [6.45, 7) is -0.669. The molecule has 2 heterocycles. The summed E-state index contributed by atoms with van der Waals surface area (Å²) in [6.07, 6.45) is -0.353. The Morgan fingerprint density at radius 1 is 1.15 bits per heavy atom. The Morgan fingerprint density at radius 3 is 2.44 bits per heavy atom. The van der Waals surface area contributed by atoms with E-state index in [0.29, 0.717) is 11.2 Å². The number of aromatic amines is 1. The van der Waals surface area contributed by atoms with E-state index in [4.69, 9.17) is 5.73 Å². The molecule has 3 rings (SSSR count). The second kappa shape index (κ2) is 7.80. The molecule has 0 atom stereocenters. The molecule has 0 aliphatic heterocycles. The van der Waals surface area contributed by atoms with Gasteiger partial charge in [-0.3, -0.25) is 0 Å². The van der Waals surface area contributed by atoms with Gasteiger partial charge < -0.3 is 5.73 Å². The predicted octanol–water partition coefficient (Wildman–Crippen LogP) is 0.803. The second-order valence-electron chi connectivity index (χ2n) is 5.91. The first kappa shape index (κ1) is 18.9. The summed E-state index contributed by atoms with van der Waals surface area (Å²) < 4.78 is 49.5. The molecule has 3 N–H and O–H groups in total. The highest BCUT2D eigenvalue weighted by Crippen LogP contribution is 2.20. The fourth-order valence-corrected chi connectivity index (χ4v) is 3.21. The summed E-state index contributed by atoms with van der Waals surface area (Å²) in [6, 6.07) is 10.4. The van der Waals surface area contributed by atoms with Crippen LogP contribution in [0.25, 0.3) is 16.8 Å². The smallest absolute Gasteiger partial charge is 0.326 e. The van der Waals surface area contributed by atoms with Gasteiger partial charge in [-0.15, -0.1) is 4.68 Å². The summed E-state index contributed by atoms with van der Waals surface area (Å²) in [5.74, 6) is -0.0250. The molecule has 0 spiro atoms. The number of hydrogen-bond acceptors (Lipinski definition) is 4. The number of halogens is 2. The summed E-state index contributed by atoms with van der Waals surface area (Å²) in [7, 11) is -2.49. The number of H-pyrrole nitrogens is 1. The normalized spacial score (nSPS) is 11.3. The summed E-state index contributed by atoms with van der Waals surface area (Å²) in [5.41, 5.74) is 7.21. The van der Waals surface area contributed by atoms with Gasteiger partial charge in [0.25, 0.3) is 11.7 Å². The largest absolute Gasteiger partial charge is 0.476 e. The number of pyridine rings is 1. The Balaban J connectivity index is 1.96. The predicted molar refractivity (Wildman–Crippen MR) is 96.0 cm³/mol. The number of nitrogens with two attached hydrogens (primary N) is 1. The minimum Gasteiger partial charge on any atom is -0.326 e. The number of hydrogen-bond donors (Lipinski definition) is 3. The fourth-order valence-electron chi connectivity index (χ4n) is 2.70. The molecule has 0 bridgehead atoms. The van der Waals surface area contributed by atoms with Crippen LogP contribution in [0.1, 0.15) is 5.56 Å². The molecule has 0 saturated heterocycles. The number of benzene rings is 1. The number of aromatic nitrogens is 3. The quantitative estimate of drug-likeness (QED) is 0.424. The first-order valence-electron chi connectivity index (χ1n) is 7.97. The Kier molecular flexibility index (Phi) is 5.47. The first-order chi connectivity index (χ1) is 12.9. The summed E-state index contributed by atoms with van der Waals surface area (Å²) in [5, 5.41) is 2.80. The highest BCUT2D eigenvalue weighted by molar-refractivity contribution is 7.71. The molecule has 0 aliphatic rings. The molecule has 0 unspecified atom stereocenters. The van der Waals surface area contributed by atoms with Crippen molar-refractivity contribution >= 4 is 16.4 Å². The van der Waals surface area contributed by atoms with Crippen LogP contribution in [0.3, 0.4) is 0 Å². The van der Waals surface area contributed by atoms with Crippen LogP contribution < -0.4 is 15.8 Å². The third kappa shape index (κ3) is 4.12. The molecular weight excluding hydrogens is 378 g/mol. The fraction of sp³-hybridized carbons (Fsp3) is 0.176. The van der Waals surface area contributed by atoms with Gasteiger partial charge in [0.05, 0.1) is 11.9 Å². The van der Waals surface area contributed by atoms with Crippen molar-refractivity contribution < 1.29 is 21.6 Å². The van der Waals surface area contributed by atoms with Gasteiger partial charge >= 0.3 is 5.69 Å². The average molecular weight is 395 g/mol. The third-order valence-corrected chi connectivity index (χ3v) is 4.73. The van der Waals surface area contributed by atoms with E-state index in [1.54, 1.807) is 42.6 Å². The molecule has 1 aromatic carbocycles. The molecule has 142 valence electrons. The lowest BCUT2D eigenvalue weighted by Crippen LogP contribution is -2.41. The number of nitrogens with one attached hydrogen (secondary N) is 1. The average Bonchev–Trinajstić information content (AvgIpc) is 2.94. The maximum Gasteiger partial charge on any atom is 0.476 e. The van der Waals surface area contributed by atoms with Crippen molar-refractivity contribution in [2.75, 3.05) is 6.54 Å². The van der Waals surface area contributed by atoms with E-state index in [9.17, 15) is 22.0 Å². The van der Waals surface area contributed by atoms with Crippen molar-refractivity contribution in [3.63, 3.8) is 0 Å². The minimum atomic E-state index is -2.49. The number of thiol groups is 1. The Morgan fingerprint density at radius 2 is 1.85 bits per heavy atom. The number of nitrogens with zero attached hydrogens (tertiary/aromatic N) is 2. The Bertz CT molecular complexity index is 1140. The monoisotopic (exact) mass is 395 g/mol. The SMILES string of the molecule is NCC(Cn1[nH]c2cc(-c3ccc(C[SH](=O)=O)cc3)cc[n+]2c1=O)=C(F)F. The zero-order valence-corrected chi connectivity index (χ0v) is 15.0. The van der Waals surface area contributed by atoms with E-state index in [1.165, 1.54) is 4.40 Å². The van der Waals surface area contributed by atoms with Gasteiger partial charge in [-0.05, 0) is 22.8 Å². The number of rotatable bonds is 6. The van der Waals surface area contributed by atoms with Crippen LogP contribution in [0.2, 0.25) is 0 Å². The molecule has 0 amide bonds. The molecule has 2 aromatic heterocycles. The van der Waals surface area contributed by atoms with E-state index in [2.05, 4.69) is 5.10 Å². The maximum atomic E-state index is 12.8. The van der Waals surface area contributed by atoms with E-state index < -0.39 is 22.5 Å². The molecule has 0 radical (unpaired) electrons. The number of fused-ring (bicyclic) bond motifs is 1. The second-order valence-corrected chi connectivity index (χ2v) is 6.89. The standard InChI is InChI=1S/C17H16F2N4O3S/c18-16(19)14(8-20)9-23-17(24)22-6-5-13(7-15(22)21-23)12-3-1-11(2-4-12)10-27(25)26/h1-7,27H,8-10,20H2/p+1. The lowest BCUT2D eigenvalue weighted by Gasteiger charge is -2.02. The van der Waals surface area contributed by atoms with Gasteiger partial charge in [0.1, 0.15) is 17.2 Å².